The monoisotopic (exact) mass is 429 g/mol. The Bertz CT molecular complexity index is 1120. The van der Waals surface area contributed by atoms with Gasteiger partial charge in [0.15, 0.2) is 0 Å². The Morgan fingerprint density at radius 3 is 2.47 bits per heavy atom. The number of benzene rings is 2. The smallest absolute Gasteiger partial charge is 0.333 e. The summed E-state index contributed by atoms with van der Waals surface area (Å²) in [5.41, 5.74) is 3.60. The molecule has 3 aromatic rings. The van der Waals surface area contributed by atoms with Crippen LogP contribution >= 0.6 is 0 Å². The molecule has 0 fully saturated rings. The van der Waals surface area contributed by atoms with Crippen LogP contribution in [0, 0.1) is 13.5 Å². The molecule has 0 bridgehead atoms. The first-order chi connectivity index (χ1) is 15.5. The molecule has 0 saturated carbocycles. The second-order valence-corrected chi connectivity index (χ2v) is 7.59. The van der Waals surface area contributed by atoms with Crippen LogP contribution in [-0.4, -0.2) is 27.5 Å². The minimum atomic E-state index is -1.26. The fourth-order valence-electron chi connectivity index (χ4n) is 3.26. The predicted octanol–water partition coefficient (Wildman–Crippen LogP) is 6.15. The number of carbonyl (C=O) groups is 1. The van der Waals surface area contributed by atoms with E-state index in [-0.39, 0.29) is 5.70 Å². The summed E-state index contributed by atoms with van der Waals surface area (Å²) >= 11 is 0. The van der Waals surface area contributed by atoms with Crippen LogP contribution in [0.15, 0.2) is 60.4 Å². The van der Waals surface area contributed by atoms with Gasteiger partial charge >= 0.3 is 5.97 Å². The highest BCUT2D eigenvalue weighted by Crippen LogP contribution is 2.28. The van der Waals surface area contributed by atoms with E-state index in [9.17, 15) is 9.90 Å². The fraction of sp³-hybridized carbons (Fsp3) is 0.269. The second kappa shape index (κ2) is 11.0. The molecule has 1 N–H and O–H groups in total. The van der Waals surface area contributed by atoms with Gasteiger partial charge in [-0.1, -0.05) is 43.9 Å². The van der Waals surface area contributed by atoms with E-state index in [0.717, 1.165) is 35.4 Å². The van der Waals surface area contributed by atoms with Crippen molar-refractivity contribution in [3.8, 4) is 22.7 Å². The Morgan fingerprint density at radius 2 is 1.84 bits per heavy atom. The van der Waals surface area contributed by atoms with Crippen molar-refractivity contribution in [3.63, 3.8) is 0 Å². The Kier molecular flexibility index (Phi) is 7.82. The molecule has 0 aliphatic heterocycles. The van der Waals surface area contributed by atoms with Crippen LogP contribution in [0.25, 0.3) is 27.9 Å². The van der Waals surface area contributed by atoms with Crippen LogP contribution in [0.1, 0.15) is 43.7 Å². The minimum Gasteiger partial charge on any atom is -0.494 e. The summed E-state index contributed by atoms with van der Waals surface area (Å²) in [7, 11) is 0. The van der Waals surface area contributed by atoms with E-state index in [1.54, 1.807) is 10.9 Å². The zero-order chi connectivity index (χ0) is 22.9. The molecular weight excluding hydrogens is 402 g/mol. The third kappa shape index (κ3) is 5.86. The van der Waals surface area contributed by atoms with Crippen LogP contribution in [0.3, 0.4) is 0 Å². The highest BCUT2D eigenvalue weighted by molar-refractivity contribution is 5.95. The number of ether oxygens (including phenoxy) is 1. The van der Waals surface area contributed by atoms with Crippen molar-refractivity contribution in [2.45, 2.75) is 39.5 Å². The van der Waals surface area contributed by atoms with Gasteiger partial charge in [-0.2, -0.15) is 5.10 Å². The van der Waals surface area contributed by atoms with Crippen LogP contribution in [0.5, 0.6) is 5.75 Å². The quantitative estimate of drug-likeness (QED) is 0.238. The summed E-state index contributed by atoms with van der Waals surface area (Å²) in [4.78, 5) is 14.5. The van der Waals surface area contributed by atoms with Gasteiger partial charge in [0.05, 0.1) is 24.6 Å². The van der Waals surface area contributed by atoms with Crippen LogP contribution < -0.4 is 4.74 Å². The molecule has 0 radical (unpaired) electrons. The summed E-state index contributed by atoms with van der Waals surface area (Å²) in [6.45, 7) is 12.0. The van der Waals surface area contributed by atoms with Crippen molar-refractivity contribution in [1.29, 1.82) is 0 Å². The number of aryl methyl sites for hydroxylation is 1. The molecule has 32 heavy (non-hydrogen) atoms. The minimum absolute atomic E-state index is 0.360. The molecule has 3 rings (SSSR count). The van der Waals surface area contributed by atoms with Crippen LogP contribution in [0.2, 0.25) is 0 Å². The van der Waals surface area contributed by atoms with Gasteiger partial charge in [0.2, 0.25) is 0 Å². The molecule has 0 aliphatic carbocycles. The lowest BCUT2D eigenvalue weighted by atomic mass is 10.1. The summed E-state index contributed by atoms with van der Waals surface area (Å²) in [6.07, 6.45) is 7.70. The first-order valence-corrected chi connectivity index (χ1v) is 10.7. The Balaban J connectivity index is 1.91. The summed E-state index contributed by atoms with van der Waals surface area (Å²) in [5, 5.41) is 14.0. The number of hydrogen-bond acceptors (Lipinski definition) is 3. The number of carboxylic acids is 1. The van der Waals surface area contributed by atoms with Crippen molar-refractivity contribution in [1.82, 2.24) is 9.78 Å². The molecule has 0 spiro atoms. The Labute approximate surface area is 188 Å². The molecule has 1 aromatic heterocycles. The van der Waals surface area contributed by atoms with Crippen molar-refractivity contribution in [2.24, 2.45) is 0 Å². The van der Waals surface area contributed by atoms with Crippen LogP contribution in [0.4, 0.5) is 0 Å². The first kappa shape index (κ1) is 22.8. The average Bonchev–Trinajstić information content (AvgIpc) is 3.22. The maximum absolute atomic E-state index is 11.4. The van der Waals surface area contributed by atoms with E-state index in [1.165, 1.54) is 18.9 Å². The number of hydrogen-bond donors (Lipinski definition) is 1. The molecular formula is C26H27N3O3. The Hall–Kier alpha value is -3.85. The van der Waals surface area contributed by atoms with E-state index in [4.69, 9.17) is 11.3 Å². The SMILES string of the molecule is [C-]#[N+]/C(=C/c1cn(-c2ccc(C)cc2)nc1-c1ccc(OCCCCCC)cc1)C(=O)O. The highest BCUT2D eigenvalue weighted by Gasteiger charge is 2.15. The Morgan fingerprint density at radius 1 is 1.12 bits per heavy atom. The molecule has 0 aliphatic rings. The van der Waals surface area contributed by atoms with Crippen molar-refractivity contribution in [2.75, 3.05) is 6.61 Å². The van der Waals surface area contributed by atoms with Gasteiger partial charge in [-0.15, -0.1) is 0 Å². The van der Waals surface area contributed by atoms with Gasteiger partial charge in [-0.25, -0.2) is 9.53 Å². The molecule has 1 heterocycles. The highest BCUT2D eigenvalue weighted by atomic mass is 16.5. The zero-order valence-corrected chi connectivity index (χ0v) is 18.4. The lowest BCUT2D eigenvalue weighted by Gasteiger charge is -2.07. The average molecular weight is 430 g/mol. The van der Waals surface area contributed by atoms with Crippen molar-refractivity contribution < 1.29 is 14.6 Å². The maximum Gasteiger partial charge on any atom is 0.333 e. The van der Waals surface area contributed by atoms with E-state index in [0.29, 0.717) is 17.9 Å². The number of carboxylic acid groups (broad SMARTS) is 1. The fourth-order valence-corrected chi connectivity index (χ4v) is 3.26. The van der Waals surface area contributed by atoms with E-state index in [2.05, 4.69) is 16.9 Å². The largest absolute Gasteiger partial charge is 0.494 e. The normalized spacial score (nSPS) is 11.2. The van der Waals surface area contributed by atoms with E-state index >= 15 is 0 Å². The number of aliphatic carboxylic acids is 1. The first-order valence-electron chi connectivity index (χ1n) is 10.7. The molecule has 6 heteroatoms. The van der Waals surface area contributed by atoms with Gasteiger partial charge < -0.3 is 9.84 Å². The number of nitrogens with zero attached hydrogens (tertiary/aromatic N) is 3. The molecule has 0 amide bonds. The zero-order valence-electron chi connectivity index (χ0n) is 18.4. The standard InChI is InChI=1S/C26H27N3O3/c1-4-5-6-7-16-32-23-14-10-20(11-15-23)25-21(17-24(27-3)26(30)31)18-29(28-25)22-12-8-19(2)9-13-22/h8-15,17-18H,4-7,16H2,1-2H3,(H,30,31)/b24-17+. The van der Waals surface area contributed by atoms with Gasteiger partial charge in [0, 0.05) is 17.3 Å². The third-order valence-corrected chi connectivity index (χ3v) is 5.07. The predicted molar refractivity (Wildman–Crippen MR) is 126 cm³/mol. The molecule has 0 saturated heterocycles. The number of unbranched alkanes of at least 4 members (excludes halogenated alkanes) is 3. The van der Waals surface area contributed by atoms with Gasteiger partial charge in [0.1, 0.15) is 5.75 Å². The lowest BCUT2D eigenvalue weighted by Crippen LogP contribution is -1.97. The van der Waals surface area contributed by atoms with E-state index < -0.39 is 5.97 Å². The topological polar surface area (TPSA) is 68.7 Å². The third-order valence-electron chi connectivity index (χ3n) is 5.07. The summed E-state index contributed by atoms with van der Waals surface area (Å²) < 4.78 is 7.51. The molecule has 0 atom stereocenters. The van der Waals surface area contributed by atoms with Crippen LogP contribution in [-0.2, 0) is 4.79 Å². The van der Waals surface area contributed by atoms with Gasteiger partial charge in [-0.3, -0.25) is 4.79 Å². The molecule has 2 aromatic carbocycles. The lowest BCUT2D eigenvalue weighted by molar-refractivity contribution is -0.132. The number of aromatic nitrogens is 2. The second-order valence-electron chi connectivity index (χ2n) is 7.59. The molecule has 6 nitrogen and oxygen atoms in total. The van der Waals surface area contributed by atoms with Gasteiger partial charge in [-0.05, 0) is 55.8 Å². The van der Waals surface area contributed by atoms with Crippen molar-refractivity contribution >= 4 is 12.0 Å². The van der Waals surface area contributed by atoms with Crippen molar-refractivity contribution in [3.05, 3.63) is 83.0 Å². The number of rotatable bonds is 10. The summed E-state index contributed by atoms with van der Waals surface area (Å²) in [6, 6.07) is 15.4. The molecule has 164 valence electrons. The van der Waals surface area contributed by atoms with Gasteiger partial charge in [0.25, 0.3) is 5.70 Å². The summed E-state index contributed by atoms with van der Waals surface area (Å²) in [5.74, 6) is -0.478. The van der Waals surface area contributed by atoms with E-state index in [1.807, 2.05) is 55.5 Å². The maximum atomic E-state index is 11.4. The molecule has 0 unspecified atom stereocenters.